The number of nitrogens with zero attached hydrogens (tertiary/aromatic N) is 5. The maximum absolute atomic E-state index is 12.3. The number of benzene rings is 2. The quantitative estimate of drug-likeness (QED) is 0.374. The highest BCUT2D eigenvalue weighted by Crippen LogP contribution is 2.20. The molecule has 0 aliphatic rings. The van der Waals surface area contributed by atoms with E-state index in [1.54, 1.807) is 24.0 Å². The molecule has 2 heterocycles. The van der Waals surface area contributed by atoms with Crippen molar-refractivity contribution in [2.45, 2.75) is 26.4 Å². The van der Waals surface area contributed by atoms with Gasteiger partial charge in [-0.05, 0) is 28.2 Å². The number of hydrogen-bond donors (Lipinski definition) is 1. The molecule has 1 amide bonds. The van der Waals surface area contributed by atoms with E-state index in [9.17, 15) is 14.9 Å². The Hall–Kier alpha value is -4.01. The predicted molar refractivity (Wildman–Crippen MR) is 112 cm³/mol. The van der Waals surface area contributed by atoms with Crippen LogP contribution in [0.15, 0.2) is 60.9 Å². The number of carbonyl (C=O) groups excluding carboxylic acids is 1. The van der Waals surface area contributed by atoms with Gasteiger partial charge >= 0.3 is 5.82 Å². The van der Waals surface area contributed by atoms with E-state index in [-0.39, 0.29) is 24.7 Å². The molecule has 0 aliphatic heterocycles. The van der Waals surface area contributed by atoms with Gasteiger partial charge < -0.3 is 15.4 Å². The number of anilines is 1. The number of hydrogen-bond acceptors (Lipinski definition) is 5. The highest BCUT2D eigenvalue weighted by Gasteiger charge is 2.16. The lowest BCUT2D eigenvalue weighted by Gasteiger charge is -2.06. The van der Waals surface area contributed by atoms with E-state index in [1.807, 2.05) is 18.2 Å². The smallest absolute Gasteiger partial charge is 0.358 e. The first kappa shape index (κ1) is 19.3. The van der Waals surface area contributed by atoms with Crippen molar-refractivity contribution in [3.63, 3.8) is 0 Å². The fraction of sp³-hybridized carbons (Fsp3) is 0.190. The van der Waals surface area contributed by atoms with Crippen molar-refractivity contribution in [1.82, 2.24) is 19.6 Å². The van der Waals surface area contributed by atoms with Crippen LogP contribution in [0.2, 0.25) is 0 Å². The Kier molecular flexibility index (Phi) is 5.25. The van der Waals surface area contributed by atoms with Gasteiger partial charge in [0.25, 0.3) is 0 Å². The number of amides is 1. The van der Waals surface area contributed by atoms with Crippen molar-refractivity contribution >= 4 is 28.2 Å². The lowest BCUT2D eigenvalue weighted by atomic mass is 10.0. The van der Waals surface area contributed by atoms with Crippen LogP contribution < -0.4 is 5.32 Å². The van der Waals surface area contributed by atoms with Crippen LogP contribution in [0.25, 0.3) is 10.8 Å². The molecule has 30 heavy (non-hydrogen) atoms. The summed E-state index contributed by atoms with van der Waals surface area (Å²) in [5.74, 6) is -0.431. The third-order valence-electron chi connectivity index (χ3n) is 4.84. The molecular formula is C21H20N6O3. The standard InChI is InChI=1S/C21H20N6O3/c1-15-11-20(27(29)30)24-26(15)10-9-21(28)23-18-12-22-25(14-18)13-17-7-4-6-16-5-2-3-8-19(16)17/h2-8,11-12,14H,9-10,13H2,1H3,(H,23,28). The maximum Gasteiger partial charge on any atom is 0.390 e. The molecule has 0 atom stereocenters. The van der Waals surface area contributed by atoms with Crippen molar-refractivity contribution in [1.29, 1.82) is 0 Å². The van der Waals surface area contributed by atoms with Gasteiger partial charge in [0, 0.05) is 12.6 Å². The number of nitro groups is 1. The summed E-state index contributed by atoms with van der Waals surface area (Å²) >= 11 is 0. The summed E-state index contributed by atoms with van der Waals surface area (Å²) < 4.78 is 3.24. The van der Waals surface area contributed by atoms with Gasteiger partial charge in [0.1, 0.15) is 0 Å². The van der Waals surface area contributed by atoms with E-state index in [2.05, 4.69) is 39.8 Å². The minimum atomic E-state index is -0.548. The zero-order valence-electron chi connectivity index (χ0n) is 16.4. The summed E-state index contributed by atoms with van der Waals surface area (Å²) in [4.78, 5) is 22.5. The third kappa shape index (κ3) is 4.19. The second-order valence-corrected chi connectivity index (χ2v) is 6.99. The second-order valence-electron chi connectivity index (χ2n) is 6.99. The van der Waals surface area contributed by atoms with Gasteiger partial charge in [-0.15, -0.1) is 0 Å². The van der Waals surface area contributed by atoms with E-state index in [0.717, 1.165) is 5.56 Å². The van der Waals surface area contributed by atoms with Gasteiger partial charge in [0.2, 0.25) is 5.91 Å². The summed E-state index contributed by atoms with van der Waals surface area (Å²) in [7, 11) is 0. The zero-order chi connectivity index (χ0) is 21.1. The molecule has 0 bridgehead atoms. The van der Waals surface area contributed by atoms with E-state index >= 15 is 0 Å². The Morgan fingerprint density at radius 2 is 2.00 bits per heavy atom. The number of rotatable bonds is 7. The van der Waals surface area contributed by atoms with Crippen LogP contribution in [0.5, 0.6) is 0 Å². The Morgan fingerprint density at radius 1 is 1.20 bits per heavy atom. The van der Waals surface area contributed by atoms with Crippen LogP contribution in [0, 0.1) is 17.0 Å². The zero-order valence-corrected chi connectivity index (χ0v) is 16.4. The summed E-state index contributed by atoms with van der Waals surface area (Å²) in [6, 6.07) is 15.7. The highest BCUT2D eigenvalue weighted by molar-refractivity contribution is 5.90. The van der Waals surface area contributed by atoms with Gasteiger partial charge in [-0.1, -0.05) is 42.5 Å². The van der Waals surface area contributed by atoms with Crippen molar-refractivity contribution in [2.24, 2.45) is 0 Å². The van der Waals surface area contributed by atoms with Gasteiger partial charge in [0.15, 0.2) is 0 Å². The minimum absolute atomic E-state index is 0.147. The van der Waals surface area contributed by atoms with Crippen molar-refractivity contribution in [3.8, 4) is 0 Å². The summed E-state index contributed by atoms with van der Waals surface area (Å²) in [5.41, 5.74) is 2.38. The molecule has 4 rings (SSSR count). The van der Waals surface area contributed by atoms with E-state index in [0.29, 0.717) is 17.9 Å². The summed E-state index contributed by atoms with van der Waals surface area (Å²) in [6.07, 6.45) is 3.53. The molecule has 0 fully saturated rings. The van der Waals surface area contributed by atoms with Gasteiger partial charge in [-0.3, -0.25) is 9.48 Å². The van der Waals surface area contributed by atoms with Crippen LogP contribution in [0.4, 0.5) is 11.5 Å². The molecule has 1 N–H and O–H groups in total. The molecule has 2 aromatic heterocycles. The van der Waals surface area contributed by atoms with Gasteiger partial charge in [-0.25, -0.2) is 0 Å². The minimum Gasteiger partial charge on any atom is -0.358 e. The molecule has 4 aromatic rings. The fourth-order valence-electron chi connectivity index (χ4n) is 3.36. The van der Waals surface area contributed by atoms with Crippen LogP contribution in [0.3, 0.4) is 0 Å². The molecule has 0 saturated heterocycles. The average Bonchev–Trinajstić information content (AvgIpc) is 3.33. The number of fused-ring (bicyclic) bond motifs is 1. The van der Waals surface area contributed by atoms with Crippen LogP contribution in [-0.4, -0.2) is 30.4 Å². The molecule has 0 aliphatic carbocycles. The predicted octanol–water partition coefficient (Wildman–Crippen LogP) is 3.53. The summed E-state index contributed by atoms with van der Waals surface area (Å²) in [6.45, 7) is 2.57. The Bertz CT molecular complexity index is 1220. The second kappa shape index (κ2) is 8.16. The molecule has 0 saturated carbocycles. The lowest BCUT2D eigenvalue weighted by molar-refractivity contribution is -0.389. The Labute approximate surface area is 172 Å². The highest BCUT2D eigenvalue weighted by atomic mass is 16.6. The fourth-order valence-corrected chi connectivity index (χ4v) is 3.36. The Balaban J connectivity index is 1.37. The topological polar surface area (TPSA) is 108 Å². The first-order valence-corrected chi connectivity index (χ1v) is 9.47. The van der Waals surface area contributed by atoms with Gasteiger partial charge in [-0.2, -0.15) is 9.78 Å². The van der Waals surface area contributed by atoms with Crippen molar-refractivity contribution in [3.05, 3.63) is 82.3 Å². The monoisotopic (exact) mass is 404 g/mol. The van der Waals surface area contributed by atoms with Crippen LogP contribution in [-0.2, 0) is 17.9 Å². The van der Waals surface area contributed by atoms with Crippen LogP contribution >= 0.6 is 0 Å². The Morgan fingerprint density at radius 3 is 2.80 bits per heavy atom. The van der Waals surface area contributed by atoms with Crippen molar-refractivity contribution < 1.29 is 9.72 Å². The van der Waals surface area contributed by atoms with Crippen LogP contribution in [0.1, 0.15) is 17.7 Å². The first-order valence-electron chi connectivity index (χ1n) is 9.47. The van der Waals surface area contributed by atoms with Gasteiger partial charge in [0.05, 0.1) is 41.8 Å². The number of aromatic nitrogens is 4. The van der Waals surface area contributed by atoms with Crippen molar-refractivity contribution in [2.75, 3.05) is 5.32 Å². The molecule has 0 radical (unpaired) electrons. The van der Waals surface area contributed by atoms with E-state index < -0.39 is 4.92 Å². The number of nitrogens with one attached hydrogen (secondary N) is 1. The molecular weight excluding hydrogens is 384 g/mol. The molecule has 0 unspecified atom stereocenters. The van der Waals surface area contributed by atoms with E-state index in [1.165, 1.54) is 21.5 Å². The molecule has 2 aromatic carbocycles. The molecule has 9 nitrogen and oxygen atoms in total. The SMILES string of the molecule is Cc1cc([N+](=O)[O-])nn1CCC(=O)Nc1cnn(Cc2cccc3ccccc23)c1. The normalized spacial score (nSPS) is 11.0. The lowest BCUT2D eigenvalue weighted by Crippen LogP contribution is -2.15. The summed E-state index contributed by atoms with van der Waals surface area (Å²) in [5, 5.41) is 24.2. The first-order chi connectivity index (χ1) is 14.5. The molecule has 9 heteroatoms. The molecule has 152 valence electrons. The number of aryl methyl sites for hydroxylation is 2. The largest absolute Gasteiger partial charge is 0.390 e. The number of carbonyl (C=O) groups is 1. The third-order valence-corrected chi connectivity index (χ3v) is 4.84. The average molecular weight is 404 g/mol. The molecule has 0 spiro atoms. The maximum atomic E-state index is 12.3. The van der Waals surface area contributed by atoms with E-state index in [4.69, 9.17) is 0 Å².